The average Bonchev–Trinajstić information content (AvgIpc) is 2.80. The lowest BCUT2D eigenvalue weighted by Gasteiger charge is -2.41. The van der Waals surface area contributed by atoms with Crippen LogP contribution in [-0.4, -0.2) is 42.1 Å². The Hall–Kier alpha value is -3.37. The van der Waals surface area contributed by atoms with E-state index in [1.54, 1.807) is 6.07 Å². The van der Waals surface area contributed by atoms with Gasteiger partial charge < -0.3 is 15.2 Å². The molecular weight excluding hydrogens is 405 g/mol. The summed E-state index contributed by atoms with van der Waals surface area (Å²) >= 11 is 0. The first-order valence-electron chi connectivity index (χ1n) is 11.1. The monoisotopic (exact) mass is 431 g/mol. The van der Waals surface area contributed by atoms with Crippen LogP contribution in [0.2, 0.25) is 0 Å². The number of anilines is 2. The van der Waals surface area contributed by atoms with E-state index in [9.17, 15) is 9.18 Å². The summed E-state index contributed by atoms with van der Waals surface area (Å²) in [5.74, 6) is -0.470. The van der Waals surface area contributed by atoms with E-state index in [1.165, 1.54) is 6.07 Å². The number of benzene rings is 2. The Bertz CT molecular complexity index is 1280. The van der Waals surface area contributed by atoms with Crippen molar-refractivity contribution in [3.8, 4) is 6.07 Å². The van der Waals surface area contributed by atoms with Crippen molar-refractivity contribution in [2.24, 2.45) is 0 Å². The maximum Gasteiger partial charge on any atom is 0.253 e. The fourth-order valence-electron chi connectivity index (χ4n) is 4.89. The number of nitrogens with zero attached hydrogens (tertiary/aromatic N) is 3. The van der Waals surface area contributed by atoms with Crippen molar-refractivity contribution in [2.75, 3.05) is 36.4 Å². The molecule has 2 aliphatic rings. The molecule has 0 radical (unpaired) electrons. The molecule has 32 heavy (non-hydrogen) atoms. The lowest BCUT2D eigenvalue weighted by Crippen LogP contribution is -2.51. The van der Waals surface area contributed by atoms with Crippen LogP contribution in [-0.2, 0) is 13.0 Å². The molecular formula is C25H26FN5O. The predicted octanol–water partition coefficient (Wildman–Crippen LogP) is 3.61. The highest BCUT2D eigenvalue weighted by Gasteiger charge is 2.25. The van der Waals surface area contributed by atoms with Crippen LogP contribution in [0.1, 0.15) is 30.0 Å². The molecule has 3 aromatic rings. The topological polar surface area (TPSA) is 75.2 Å². The van der Waals surface area contributed by atoms with Crippen molar-refractivity contribution in [1.82, 2.24) is 9.88 Å². The minimum atomic E-state index is -0.470. The van der Waals surface area contributed by atoms with Gasteiger partial charge in [0.25, 0.3) is 5.56 Å². The molecule has 1 atom stereocenters. The number of piperazine rings is 1. The average molecular weight is 432 g/mol. The standard InChI is InChI=1S/C25H26FN5O/c1-16-14-31(19-6-5-18(13-27)22(26)12-19)10-9-30(16)15-17-4-7-20-23(11-17)29-25(32)21-3-2-8-28-24(20)21/h4-7,11-12,16,28H,2-3,8-10,14-15H2,1H3,(H,29,32)/t16-/m0/s1. The summed E-state index contributed by atoms with van der Waals surface area (Å²) in [6.07, 6.45) is 1.80. The van der Waals surface area contributed by atoms with Crippen molar-refractivity contribution in [3.05, 3.63) is 69.3 Å². The number of pyridine rings is 1. The second kappa shape index (κ2) is 8.29. The van der Waals surface area contributed by atoms with E-state index in [-0.39, 0.29) is 17.2 Å². The molecule has 0 bridgehead atoms. The molecule has 0 saturated carbocycles. The van der Waals surface area contributed by atoms with Gasteiger partial charge in [0.2, 0.25) is 0 Å². The maximum absolute atomic E-state index is 14.0. The molecule has 1 fully saturated rings. The van der Waals surface area contributed by atoms with Gasteiger partial charge in [-0.05, 0) is 49.6 Å². The molecule has 0 aliphatic carbocycles. The molecule has 0 unspecified atom stereocenters. The molecule has 1 aromatic heterocycles. The number of H-pyrrole nitrogens is 1. The first-order chi connectivity index (χ1) is 15.5. The van der Waals surface area contributed by atoms with Gasteiger partial charge in [-0.2, -0.15) is 5.26 Å². The minimum absolute atomic E-state index is 0.00785. The van der Waals surface area contributed by atoms with E-state index < -0.39 is 5.82 Å². The van der Waals surface area contributed by atoms with Crippen LogP contribution in [0, 0.1) is 17.1 Å². The normalized spacial score (nSPS) is 18.8. The van der Waals surface area contributed by atoms with Crippen molar-refractivity contribution < 1.29 is 4.39 Å². The van der Waals surface area contributed by atoms with Crippen LogP contribution < -0.4 is 15.8 Å². The van der Waals surface area contributed by atoms with Crippen molar-refractivity contribution >= 4 is 22.3 Å². The molecule has 0 spiro atoms. The fourth-order valence-corrected chi connectivity index (χ4v) is 4.89. The Labute approximate surface area is 186 Å². The summed E-state index contributed by atoms with van der Waals surface area (Å²) in [7, 11) is 0. The minimum Gasteiger partial charge on any atom is -0.384 e. The van der Waals surface area contributed by atoms with E-state index in [2.05, 4.69) is 45.2 Å². The lowest BCUT2D eigenvalue weighted by molar-refractivity contribution is 0.181. The lowest BCUT2D eigenvalue weighted by atomic mass is 10.0. The highest BCUT2D eigenvalue weighted by Crippen LogP contribution is 2.29. The molecule has 2 aromatic carbocycles. The summed E-state index contributed by atoms with van der Waals surface area (Å²) in [5.41, 5.74) is 4.78. The number of fused-ring (bicyclic) bond motifs is 3. The molecule has 6 nitrogen and oxygen atoms in total. The molecule has 2 N–H and O–H groups in total. The van der Waals surface area contributed by atoms with Crippen LogP contribution >= 0.6 is 0 Å². The van der Waals surface area contributed by atoms with Gasteiger partial charge in [0.1, 0.15) is 11.9 Å². The molecule has 0 amide bonds. The van der Waals surface area contributed by atoms with E-state index in [1.807, 2.05) is 12.1 Å². The number of nitriles is 1. The van der Waals surface area contributed by atoms with E-state index >= 15 is 0 Å². The number of nitrogens with one attached hydrogen (secondary N) is 2. The zero-order valence-electron chi connectivity index (χ0n) is 18.1. The second-order valence-corrected chi connectivity index (χ2v) is 8.76. The summed E-state index contributed by atoms with van der Waals surface area (Å²) < 4.78 is 14.0. The van der Waals surface area contributed by atoms with Crippen LogP contribution in [0.15, 0.2) is 41.2 Å². The van der Waals surface area contributed by atoms with E-state index in [0.717, 1.165) is 79.0 Å². The van der Waals surface area contributed by atoms with Crippen molar-refractivity contribution in [1.29, 1.82) is 5.26 Å². The first-order valence-corrected chi connectivity index (χ1v) is 11.1. The number of aromatic amines is 1. The Morgan fingerprint density at radius 3 is 2.88 bits per heavy atom. The number of rotatable bonds is 3. The number of hydrogen-bond donors (Lipinski definition) is 2. The third-order valence-corrected chi connectivity index (χ3v) is 6.67. The molecule has 2 aliphatic heterocycles. The van der Waals surface area contributed by atoms with Crippen LogP contribution in [0.4, 0.5) is 15.8 Å². The van der Waals surface area contributed by atoms with Gasteiger partial charge in [-0.25, -0.2) is 4.39 Å². The van der Waals surface area contributed by atoms with Gasteiger partial charge in [-0.15, -0.1) is 0 Å². The van der Waals surface area contributed by atoms with Gasteiger partial charge in [-0.3, -0.25) is 9.69 Å². The van der Waals surface area contributed by atoms with Gasteiger partial charge in [-0.1, -0.05) is 12.1 Å². The summed E-state index contributed by atoms with van der Waals surface area (Å²) in [6, 6.07) is 13.3. The van der Waals surface area contributed by atoms with Crippen LogP contribution in [0.3, 0.4) is 0 Å². The highest BCUT2D eigenvalue weighted by molar-refractivity contribution is 5.93. The number of hydrogen-bond acceptors (Lipinski definition) is 5. The molecule has 7 heteroatoms. The zero-order chi connectivity index (χ0) is 22.2. The molecule has 1 saturated heterocycles. The third kappa shape index (κ3) is 3.71. The van der Waals surface area contributed by atoms with E-state index in [4.69, 9.17) is 5.26 Å². The summed E-state index contributed by atoms with van der Waals surface area (Å²) in [4.78, 5) is 20.2. The predicted molar refractivity (Wildman–Crippen MR) is 125 cm³/mol. The Morgan fingerprint density at radius 2 is 2.09 bits per heavy atom. The zero-order valence-corrected chi connectivity index (χ0v) is 18.1. The maximum atomic E-state index is 14.0. The third-order valence-electron chi connectivity index (χ3n) is 6.67. The van der Waals surface area contributed by atoms with Gasteiger partial charge >= 0.3 is 0 Å². The van der Waals surface area contributed by atoms with Crippen molar-refractivity contribution in [2.45, 2.75) is 32.4 Å². The second-order valence-electron chi connectivity index (χ2n) is 8.76. The number of halogens is 1. The van der Waals surface area contributed by atoms with E-state index in [0.29, 0.717) is 0 Å². The Kier molecular flexibility index (Phi) is 5.32. The molecule has 3 heterocycles. The number of aromatic nitrogens is 1. The summed E-state index contributed by atoms with van der Waals surface area (Å²) in [5, 5.41) is 13.4. The van der Waals surface area contributed by atoms with Gasteiger partial charge in [0.05, 0.1) is 16.8 Å². The molecule has 5 rings (SSSR count). The van der Waals surface area contributed by atoms with Crippen molar-refractivity contribution in [3.63, 3.8) is 0 Å². The van der Waals surface area contributed by atoms with Gasteiger partial charge in [0, 0.05) is 55.4 Å². The quantitative estimate of drug-likeness (QED) is 0.663. The molecule has 164 valence electrons. The SMILES string of the molecule is C[C@H]1CN(c2ccc(C#N)c(F)c2)CCN1Cc1ccc2c3c(c(=O)[nH]c2c1)CCCN3. The smallest absolute Gasteiger partial charge is 0.253 e. The summed E-state index contributed by atoms with van der Waals surface area (Å²) in [6.45, 7) is 6.29. The van der Waals surface area contributed by atoms with Crippen LogP contribution in [0.25, 0.3) is 10.9 Å². The largest absolute Gasteiger partial charge is 0.384 e. The Balaban J connectivity index is 1.32. The van der Waals surface area contributed by atoms with Gasteiger partial charge in [0.15, 0.2) is 0 Å². The Morgan fingerprint density at radius 1 is 1.22 bits per heavy atom. The fraction of sp³-hybridized carbons (Fsp3) is 0.360. The first kappa shape index (κ1) is 20.5. The highest BCUT2D eigenvalue weighted by atomic mass is 19.1. The van der Waals surface area contributed by atoms with Crippen LogP contribution in [0.5, 0.6) is 0 Å².